The quantitative estimate of drug-likeness (QED) is 0.423. The van der Waals surface area contributed by atoms with Crippen LogP contribution >= 0.6 is 15.9 Å². The normalized spacial score (nSPS) is 10.7. The Bertz CT molecular complexity index is 573. The predicted molar refractivity (Wildman–Crippen MR) is 64.3 cm³/mol. The third-order valence-corrected chi connectivity index (χ3v) is 3.13. The minimum atomic E-state index is -1.56. The number of alkyl halides is 1. The van der Waals surface area contributed by atoms with Gasteiger partial charge in [-0.3, -0.25) is 0 Å². The Hall–Kier alpha value is -1.36. The van der Waals surface area contributed by atoms with E-state index in [0.717, 1.165) is 12.1 Å². The largest absolute Gasteiger partial charge is 0.206 e. The minimum Gasteiger partial charge on any atom is -0.206 e. The third-order valence-electron chi connectivity index (χ3n) is 2.48. The predicted octanol–water partition coefficient (Wildman–Crippen LogP) is 4.80. The molecule has 94 valence electrons. The lowest BCUT2D eigenvalue weighted by atomic mass is 10.0. The van der Waals surface area contributed by atoms with Gasteiger partial charge in [0.1, 0.15) is 5.82 Å². The molecule has 0 saturated heterocycles. The summed E-state index contributed by atoms with van der Waals surface area (Å²) in [5.41, 5.74) is 0.682. The van der Waals surface area contributed by atoms with E-state index in [1.54, 1.807) is 6.07 Å². The molecular formula is C13H7BrF4. The third kappa shape index (κ3) is 2.41. The Balaban J connectivity index is 2.55. The Morgan fingerprint density at radius 3 is 1.94 bits per heavy atom. The van der Waals surface area contributed by atoms with Crippen molar-refractivity contribution in [3.63, 3.8) is 0 Å². The van der Waals surface area contributed by atoms with Crippen molar-refractivity contribution in [2.75, 3.05) is 0 Å². The molecule has 0 aliphatic rings. The molecule has 5 heteroatoms. The van der Waals surface area contributed by atoms with Crippen LogP contribution in [0.1, 0.15) is 5.56 Å². The van der Waals surface area contributed by atoms with Crippen LogP contribution in [-0.2, 0) is 5.33 Å². The average molecular weight is 319 g/mol. The Labute approximate surface area is 109 Å². The van der Waals surface area contributed by atoms with Crippen molar-refractivity contribution in [2.24, 2.45) is 0 Å². The van der Waals surface area contributed by atoms with E-state index >= 15 is 0 Å². The van der Waals surface area contributed by atoms with Gasteiger partial charge in [-0.05, 0) is 29.3 Å². The molecule has 0 N–H and O–H groups in total. The molecule has 0 aliphatic carbocycles. The van der Waals surface area contributed by atoms with Gasteiger partial charge < -0.3 is 0 Å². The van der Waals surface area contributed by atoms with Crippen molar-refractivity contribution < 1.29 is 17.6 Å². The zero-order valence-corrected chi connectivity index (χ0v) is 10.6. The summed E-state index contributed by atoms with van der Waals surface area (Å²) in [4.78, 5) is 0. The van der Waals surface area contributed by atoms with E-state index in [4.69, 9.17) is 0 Å². The van der Waals surface area contributed by atoms with Crippen molar-refractivity contribution in [1.82, 2.24) is 0 Å². The van der Waals surface area contributed by atoms with Gasteiger partial charge in [0.05, 0.1) is 0 Å². The summed E-state index contributed by atoms with van der Waals surface area (Å²) in [5, 5.41) is 0.469. The SMILES string of the molecule is Fc1cc(CBr)ccc1-c1cc(F)c(F)c(F)c1. The molecule has 0 aliphatic heterocycles. The van der Waals surface area contributed by atoms with Gasteiger partial charge in [0, 0.05) is 10.9 Å². The molecule has 2 aromatic rings. The highest BCUT2D eigenvalue weighted by Crippen LogP contribution is 2.27. The van der Waals surface area contributed by atoms with E-state index < -0.39 is 23.3 Å². The first-order valence-corrected chi connectivity index (χ1v) is 6.14. The fourth-order valence-corrected chi connectivity index (χ4v) is 1.94. The summed E-state index contributed by atoms with van der Waals surface area (Å²) >= 11 is 3.17. The summed E-state index contributed by atoms with van der Waals surface area (Å²) in [6.07, 6.45) is 0. The molecule has 0 radical (unpaired) electrons. The molecule has 0 fully saturated rings. The Morgan fingerprint density at radius 1 is 0.833 bits per heavy atom. The van der Waals surface area contributed by atoms with E-state index in [-0.39, 0.29) is 11.1 Å². The van der Waals surface area contributed by atoms with Crippen LogP contribution in [0.3, 0.4) is 0 Å². The fourth-order valence-electron chi connectivity index (χ4n) is 1.59. The maximum Gasteiger partial charge on any atom is 0.194 e. The highest BCUT2D eigenvalue weighted by molar-refractivity contribution is 9.08. The molecule has 2 aromatic carbocycles. The van der Waals surface area contributed by atoms with Crippen molar-refractivity contribution >= 4 is 15.9 Å². The summed E-state index contributed by atoms with van der Waals surface area (Å²) in [6.45, 7) is 0. The van der Waals surface area contributed by atoms with Gasteiger partial charge >= 0.3 is 0 Å². The van der Waals surface area contributed by atoms with Crippen LogP contribution in [0.4, 0.5) is 17.6 Å². The molecule has 0 bridgehead atoms. The van der Waals surface area contributed by atoms with Gasteiger partial charge in [0.25, 0.3) is 0 Å². The monoisotopic (exact) mass is 318 g/mol. The number of hydrogen-bond acceptors (Lipinski definition) is 0. The number of rotatable bonds is 2. The highest BCUT2D eigenvalue weighted by atomic mass is 79.9. The van der Waals surface area contributed by atoms with Crippen LogP contribution in [0.2, 0.25) is 0 Å². The van der Waals surface area contributed by atoms with Crippen LogP contribution in [0.5, 0.6) is 0 Å². The molecule has 0 heterocycles. The van der Waals surface area contributed by atoms with Crippen molar-refractivity contribution in [1.29, 1.82) is 0 Å². The zero-order chi connectivity index (χ0) is 13.3. The fraction of sp³-hybridized carbons (Fsp3) is 0.0769. The van der Waals surface area contributed by atoms with E-state index in [0.29, 0.717) is 10.9 Å². The van der Waals surface area contributed by atoms with E-state index in [2.05, 4.69) is 15.9 Å². The second-order valence-electron chi connectivity index (χ2n) is 3.70. The summed E-state index contributed by atoms with van der Waals surface area (Å²) in [7, 11) is 0. The van der Waals surface area contributed by atoms with Gasteiger partial charge in [-0.2, -0.15) is 0 Å². The van der Waals surface area contributed by atoms with Crippen LogP contribution in [0.25, 0.3) is 11.1 Å². The first-order valence-electron chi connectivity index (χ1n) is 5.02. The van der Waals surface area contributed by atoms with Crippen molar-refractivity contribution in [3.8, 4) is 11.1 Å². The maximum absolute atomic E-state index is 13.7. The second-order valence-corrected chi connectivity index (χ2v) is 4.26. The molecule has 2 rings (SSSR count). The van der Waals surface area contributed by atoms with Crippen LogP contribution in [-0.4, -0.2) is 0 Å². The molecule has 0 spiro atoms. The van der Waals surface area contributed by atoms with E-state index in [9.17, 15) is 17.6 Å². The zero-order valence-electron chi connectivity index (χ0n) is 8.98. The molecule has 0 atom stereocenters. The molecule has 0 saturated carbocycles. The molecule has 0 amide bonds. The van der Waals surface area contributed by atoms with Crippen LogP contribution < -0.4 is 0 Å². The number of halogens is 5. The topological polar surface area (TPSA) is 0 Å². The number of benzene rings is 2. The molecule has 0 unspecified atom stereocenters. The standard InChI is InChI=1S/C13H7BrF4/c14-6-7-1-2-9(10(15)3-7)8-4-11(16)13(18)12(17)5-8/h1-5H,6H2. The van der Waals surface area contributed by atoms with Gasteiger partial charge in [0.15, 0.2) is 17.5 Å². The lowest BCUT2D eigenvalue weighted by Crippen LogP contribution is -1.94. The molecule has 0 aromatic heterocycles. The van der Waals surface area contributed by atoms with Crippen LogP contribution in [0, 0.1) is 23.3 Å². The summed E-state index contributed by atoms with van der Waals surface area (Å²) < 4.78 is 52.6. The van der Waals surface area contributed by atoms with Gasteiger partial charge in [0.2, 0.25) is 0 Å². The maximum atomic E-state index is 13.7. The average Bonchev–Trinajstić information content (AvgIpc) is 2.35. The van der Waals surface area contributed by atoms with Gasteiger partial charge in [-0.1, -0.05) is 28.1 Å². The van der Waals surface area contributed by atoms with Gasteiger partial charge in [-0.25, -0.2) is 17.6 Å². The molecule has 0 nitrogen and oxygen atoms in total. The van der Waals surface area contributed by atoms with Crippen molar-refractivity contribution in [2.45, 2.75) is 5.33 Å². The summed E-state index contributed by atoms with van der Waals surface area (Å²) in [5.74, 6) is -4.85. The Kier molecular flexibility index (Phi) is 3.71. The van der Waals surface area contributed by atoms with E-state index in [1.807, 2.05) is 0 Å². The summed E-state index contributed by atoms with van der Waals surface area (Å²) in [6, 6.07) is 5.81. The van der Waals surface area contributed by atoms with Crippen molar-refractivity contribution in [3.05, 3.63) is 59.2 Å². The van der Waals surface area contributed by atoms with E-state index in [1.165, 1.54) is 12.1 Å². The Morgan fingerprint density at radius 2 is 1.44 bits per heavy atom. The number of hydrogen-bond donors (Lipinski definition) is 0. The lowest BCUT2D eigenvalue weighted by Gasteiger charge is -2.06. The molecule has 18 heavy (non-hydrogen) atoms. The lowest BCUT2D eigenvalue weighted by molar-refractivity contribution is 0.447. The smallest absolute Gasteiger partial charge is 0.194 e. The highest BCUT2D eigenvalue weighted by Gasteiger charge is 2.14. The first-order chi connectivity index (χ1) is 8.52. The first kappa shape index (κ1) is 13.1. The van der Waals surface area contributed by atoms with Gasteiger partial charge in [-0.15, -0.1) is 0 Å². The van der Waals surface area contributed by atoms with Crippen LogP contribution in [0.15, 0.2) is 30.3 Å². The minimum absolute atomic E-state index is 0.0255. The second kappa shape index (κ2) is 5.10. The molecular weight excluding hydrogens is 312 g/mol.